The Morgan fingerprint density at radius 1 is 1.19 bits per heavy atom. The van der Waals surface area contributed by atoms with Crippen molar-refractivity contribution < 1.29 is 19.8 Å². The summed E-state index contributed by atoms with van der Waals surface area (Å²) >= 11 is 0. The highest BCUT2D eigenvalue weighted by atomic mass is 16.3. The number of amides is 2. The predicted octanol–water partition coefficient (Wildman–Crippen LogP) is 1.30. The van der Waals surface area contributed by atoms with Crippen LogP contribution >= 0.6 is 0 Å². The third kappa shape index (κ3) is 3.87. The molecule has 1 aromatic rings. The highest BCUT2D eigenvalue weighted by molar-refractivity contribution is 6.01. The van der Waals surface area contributed by atoms with E-state index in [2.05, 4.69) is 10.6 Å². The molecule has 0 aromatic heterocycles. The number of aryl methyl sites for hydroxylation is 1. The van der Waals surface area contributed by atoms with E-state index >= 15 is 0 Å². The Hall–Kier alpha value is -2.24. The lowest BCUT2D eigenvalue weighted by molar-refractivity contribution is -0.124. The maximum Gasteiger partial charge on any atom is 0.255 e. The van der Waals surface area contributed by atoms with Gasteiger partial charge in [0, 0.05) is 13.1 Å². The molecule has 0 aliphatic heterocycles. The summed E-state index contributed by atoms with van der Waals surface area (Å²) in [6.45, 7) is 7.09. The molecule has 116 valence electrons. The van der Waals surface area contributed by atoms with Gasteiger partial charge in [0.2, 0.25) is 5.91 Å². The van der Waals surface area contributed by atoms with Crippen LogP contribution in [-0.2, 0) is 4.79 Å². The van der Waals surface area contributed by atoms with E-state index in [4.69, 9.17) is 0 Å². The first-order valence-electron chi connectivity index (χ1n) is 6.63. The van der Waals surface area contributed by atoms with Crippen LogP contribution < -0.4 is 10.6 Å². The maximum absolute atomic E-state index is 12.3. The Balaban J connectivity index is 3.12. The summed E-state index contributed by atoms with van der Waals surface area (Å²) in [5.74, 6) is -1.32. The van der Waals surface area contributed by atoms with Crippen LogP contribution in [0.1, 0.15) is 36.7 Å². The van der Waals surface area contributed by atoms with Crippen molar-refractivity contribution in [3.05, 3.63) is 23.3 Å². The van der Waals surface area contributed by atoms with Crippen LogP contribution in [0.2, 0.25) is 0 Å². The van der Waals surface area contributed by atoms with E-state index in [1.165, 1.54) is 13.1 Å². The van der Waals surface area contributed by atoms with Crippen LogP contribution in [0.25, 0.3) is 0 Å². The van der Waals surface area contributed by atoms with Crippen molar-refractivity contribution in [3.8, 4) is 11.5 Å². The molecule has 0 bridgehead atoms. The largest absolute Gasteiger partial charge is 0.508 e. The second-order valence-corrected chi connectivity index (χ2v) is 6.04. The van der Waals surface area contributed by atoms with Gasteiger partial charge in [-0.05, 0) is 24.0 Å². The van der Waals surface area contributed by atoms with Crippen molar-refractivity contribution in [2.24, 2.45) is 5.41 Å². The van der Waals surface area contributed by atoms with E-state index in [1.54, 1.807) is 6.92 Å². The van der Waals surface area contributed by atoms with Gasteiger partial charge in [-0.15, -0.1) is 0 Å². The number of carbonyl (C=O) groups is 2. The summed E-state index contributed by atoms with van der Waals surface area (Å²) in [5.41, 5.74) is -0.0172. The van der Waals surface area contributed by atoms with Crippen LogP contribution in [-0.4, -0.2) is 35.1 Å². The molecule has 0 aliphatic rings. The smallest absolute Gasteiger partial charge is 0.255 e. The normalized spacial score (nSPS) is 12.6. The van der Waals surface area contributed by atoms with Gasteiger partial charge in [0.1, 0.15) is 17.5 Å². The molecule has 0 fully saturated rings. The average molecular weight is 294 g/mol. The molecule has 0 heterocycles. The Labute approximate surface area is 124 Å². The third-order valence-corrected chi connectivity index (χ3v) is 3.18. The first-order chi connectivity index (χ1) is 9.57. The van der Waals surface area contributed by atoms with E-state index < -0.39 is 17.4 Å². The van der Waals surface area contributed by atoms with E-state index in [0.29, 0.717) is 5.56 Å². The highest BCUT2D eigenvalue weighted by Crippen LogP contribution is 2.27. The van der Waals surface area contributed by atoms with Crippen molar-refractivity contribution in [3.63, 3.8) is 0 Å². The maximum atomic E-state index is 12.3. The monoisotopic (exact) mass is 294 g/mol. The first kappa shape index (κ1) is 16.8. The lowest BCUT2D eigenvalue weighted by Gasteiger charge is -2.30. The minimum Gasteiger partial charge on any atom is -0.508 e. The lowest BCUT2D eigenvalue weighted by Crippen LogP contribution is -2.52. The molecule has 1 atom stereocenters. The van der Waals surface area contributed by atoms with Gasteiger partial charge in [-0.3, -0.25) is 9.59 Å². The van der Waals surface area contributed by atoms with Gasteiger partial charge in [0.05, 0.1) is 5.56 Å². The number of hydrogen-bond donors (Lipinski definition) is 4. The van der Waals surface area contributed by atoms with E-state index in [1.807, 2.05) is 20.8 Å². The molecule has 4 N–H and O–H groups in total. The molecule has 0 spiro atoms. The van der Waals surface area contributed by atoms with Crippen LogP contribution in [0.4, 0.5) is 0 Å². The quantitative estimate of drug-likeness (QED) is 0.675. The fourth-order valence-electron chi connectivity index (χ4n) is 2.07. The minimum absolute atomic E-state index is 0.0472. The first-order valence-corrected chi connectivity index (χ1v) is 6.63. The molecule has 21 heavy (non-hydrogen) atoms. The Morgan fingerprint density at radius 2 is 1.76 bits per heavy atom. The SMILES string of the molecule is CNC(=O)[C@@H](NC(=O)c1c(C)cc(O)cc1O)C(C)(C)C. The Bertz CT molecular complexity index is 538. The van der Waals surface area contributed by atoms with Crippen molar-refractivity contribution >= 4 is 11.8 Å². The molecule has 0 unspecified atom stereocenters. The molecule has 2 amide bonds. The number of rotatable bonds is 3. The van der Waals surface area contributed by atoms with Gasteiger partial charge in [-0.1, -0.05) is 20.8 Å². The molecule has 6 nitrogen and oxygen atoms in total. The number of phenols is 2. The molecule has 0 saturated heterocycles. The Kier molecular flexibility index (Phi) is 4.83. The third-order valence-electron chi connectivity index (χ3n) is 3.18. The minimum atomic E-state index is -0.748. The molecular formula is C15H22N2O4. The van der Waals surface area contributed by atoms with Crippen LogP contribution in [0.5, 0.6) is 11.5 Å². The van der Waals surface area contributed by atoms with Crippen LogP contribution in [0.15, 0.2) is 12.1 Å². The number of nitrogens with one attached hydrogen (secondary N) is 2. The summed E-state index contributed by atoms with van der Waals surface area (Å²) in [6.07, 6.45) is 0. The highest BCUT2D eigenvalue weighted by Gasteiger charge is 2.33. The van der Waals surface area contributed by atoms with Gasteiger partial charge in [-0.25, -0.2) is 0 Å². The Morgan fingerprint density at radius 3 is 2.19 bits per heavy atom. The van der Waals surface area contributed by atoms with E-state index in [-0.39, 0.29) is 23.0 Å². The van der Waals surface area contributed by atoms with Gasteiger partial charge in [-0.2, -0.15) is 0 Å². The van der Waals surface area contributed by atoms with E-state index in [0.717, 1.165) is 6.07 Å². The summed E-state index contributed by atoms with van der Waals surface area (Å²) in [7, 11) is 1.50. The van der Waals surface area contributed by atoms with Crippen molar-refractivity contribution in [2.45, 2.75) is 33.7 Å². The molecular weight excluding hydrogens is 272 g/mol. The molecule has 0 aliphatic carbocycles. The number of aromatic hydroxyl groups is 2. The number of carbonyl (C=O) groups excluding carboxylic acids is 2. The molecule has 1 rings (SSSR count). The average Bonchev–Trinajstić information content (AvgIpc) is 2.32. The van der Waals surface area contributed by atoms with Gasteiger partial charge >= 0.3 is 0 Å². The van der Waals surface area contributed by atoms with Crippen molar-refractivity contribution in [2.75, 3.05) is 7.05 Å². The molecule has 0 saturated carbocycles. The topological polar surface area (TPSA) is 98.7 Å². The van der Waals surface area contributed by atoms with Gasteiger partial charge in [0.25, 0.3) is 5.91 Å². The zero-order valence-corrected chi connectivity index (χ0v) is 12.9. The van der Waals surface area contributed by atoms with E-state index in [9.17, 15) is 19.8 Å². The van der Waals surface area contributed by atoms with Crippen molar-refractivity contribution in [1.82, 2.24) is 10.6 Å². The summed E-state index contributed by atoms with van der Waals surface area (Å²) in [6, 6.07) is 1.72. The zero-order chi connectivity index (χ0) is 16.4. The second-order valence-electron chi connectivity index (χ2n) is 6.04. The van der Waals surface area contributed by atoms with Crippen LogP contribution in [0.3, 0.4) is 0 Å². The number of likely N-dealkylation sites (N-methyl/N-ethyl adjacent to an activating group) is 1. The molecule has 6 heteroatoms. The van der Waals surface area contributed by atoms with Crippen LogP contribution in [0, 0.1) is 12.3 Å². The summed E-state index contributed by atoms with van der Waals surface area (Å²) in [4.78, 5) is 24.3. The summed E-state index contributed by atoms with van der Waals surface area (Å²) in [5, 5.41) is 24.4. The van der Waals surface area contributed by atoms with Crippen molar-refractivity contribution in [1.29, 1.82) is 0 Å². The lowest BCUT2D eigenvalue weighted by atomic mass is 9.86. The molecule has 1 aromatic carbocycles. The fraction of sp³-hybridized carbons (Fsp3) is 0.467. The number of hydrogen-bond acceptors (Lipinski definition) is 4. The van der Waals surface area contributed by atoms with Gasteiger partial charge < -0.3 is 20.8 Å². The number of benzene rings is 1. The fourth-order valence-corrected chi connectivity index (χ4v) is 2.07. The zero-order valence-electron chi connectivity index (χ0n) is 12.9. The van der Waals surface area contributed by atoms with Gasteiger partial charge in [0.15, 0.2) is 0 Å². The molecule has 0 radical (unpaired) electrons. The summed E-state index contributed by atoms with van der Waals surface area (Å²) < 4.78 is 0. The number of phenolic OH excluding ortho intramolecular Hbond substituents is 2. The standard InChI is InChI=1S/C15H22N2O4/c1-8-6-9(18)7-10(19)11(8)13(20)17-12(14(21)16-5)15(2,3)4/h6-7,12,18-19H,1-5H3,(H,16,21)(H,17,20)/t12-/m1/s1. The second kappa shape index (κ2) is 6.03. The predicted molar refractivity (Wildman–Crippen MR) is 79.3 cm³/mol.